The second-order valence-corrected chi connectivity index (χ2v) is 3.27. The molecular weight excluding hydrogens is 198 g/mol. The minimum Gasteiger partial charge on any atom is -0.298 e. The Morgan fingerprint density at radius 3 is 2.64 bits per heavy atom. The minimum atomic E-state index is 0.198. The standard InChI is InChI=1S/C11H10ClNO/c1-4-8-5-9(6-14)11(12)13-10(8)7(2)3/h4-6H,1-2H2,3H3. The van der Waals surface area contributed by atoms with Crippen molar-refractivity contribution in [2.45, 2.75) is 6.92 Å². The van der Waals surface area contributed by atoms with Gasteiger partial charge in [-0.05, 0) is 18.6 Å². The summed E-state index contributed by atoms with van der Waals surface area (Å²) in [5.41, 5.74) is 2.60. The third-order valence-corrected chi connectivity index (χ3v) is 2.09. The van der Waals surface area contributed by atoms with Crippen LogP contribution in [0.3, 0.4) is 0 Å². The first-order chi connectivity index (χ1) is 6.60. The van der Waals surface area contributed by atoms with E-state index in [1.54, 1.807) is 12.1 Å². The molecule has 0 aliphatic heterocycles. The largest absolute Gasteiger partial charge is 0.298 e. The average molecular weight is 208 g/mol. The Bertz CT molecular complexity index is 410. The van der Waals surface area contributed by atoms with Crippen LogP contribution in [0.5, 0.6) is 0 Å². The van der Waals surface area contributed by atoms with Gasteiger partial charge in [0.1, 0.15) is 5.15 Å². The Kier molecular flexibility index (Phi) is 3.20. The van der Waals surface area contributed by atoms with Crippen LogP contribution in [0, 0.1) is 0 Å². The van der Waals surface area contributed by atoms with Crippen LogP contribution in [-0.2, 0) is 0 Å². The zero-order valence-corrected chi connectivity index (χ0v) is 8.64. The molecule has 14 heavy (non-hydrogen) atoms. The smallest absolute Gasteiger partial charge is 0.153 e. The molecule has 0 aliphatic rings. The maximum atomic E-state index is 10.6. The highest BCUT2D eigenvalue weighted by molar-refractivity contribution is 6.31. The molecule has 0 radical (unpaired) electrons. The van der Waals surface area contributed by atoms with Crippen LogP contribution < -0.4 is 0 Å². The maximum absolute atomic E-state index is 10.6. The minimum absolute atomic E-state index is 0.198. The van der Waals surface area contributed by atoms with Gasteiger partial charge in [-0.15, -0.1) is 0 Å². The predicted molar refractivity (Wildman–Crippen MR) is 59.4 cm³/mol. The molecule has 2 nitrogen and oxygen atoms in total. The number of hydrogen-bond acceptors (Lipinski definition) is 2. The molecule has 0 saturated heterocycles. The first kappa shape index (κ1) is 10.7. The lowest BCUT2D eigenvalue weighted by Crippen LogP contribution is -1.95. The lowest BCUT2D eigenvalue weighted by Gasteiger charge is -2.06. The van der Waals surface area contributed by atoms with Crippen molar-refractivity contribution in [2.75, 3.05) is 0 Å². The van der Waals surface area contributed by atoms with E-state index in [4.69, 9.17) is 11.6 Å². The normalized spacial score (nSPS) is 9.57. The van der Waals surface area contributed by atoms with E-state index in [2.05, 4.69) is 18.1 Å². The second-order valence-electron chi connectivity index (χ2n) is 2.91. The van der Waals surface area contributed by atoms with E-state index in [1.165, 1.54) is 0 Å². The first-order valence-electron chi connectivity index (χ1n) is 4.04. The van der Waals surface area contributed by atoms with Crippen molar-refractivity contribution < 1.29 is 4.79 Å². The number of rotatable bonds is 3. The third kappa shape index (κ3) is 1.91. The van der Waals surface area contributed by atoms with Crippen LogP contribution >= 0.6 is 11.6 Å². The van der Waals surface area contributed by atoms with Gasteiger partial charge < -0.3 is 0 Å². The fourth-order valence-electron chi connectivity index (χ4n) is 1.10. The predicted octanol–water partition coefficient (Wildman–Crippen LogP) is 3.22. The molecule has 1 aromatic rings. The lowest BCUT2D eigenvalue weighted by atomic mass is 10.1. The average Bonchev–Trinajstić information content (AvgIpc) is 2.17. The molecule has 0 fully saturated rings. The number of aromatic nitrogens is 1. The van der Waals surface area contributed by atoms with Gasteiger partial charge in [-0.2, -0.15) is 0 Å². The summed E-state index contributed by atoms with van der Waals surface area (Å²) in [6, 6.07) is 1.65. The number of allylic oxidation sites excluding steroid dienone is 1. The molecule has 0 bridgehead atoms. The Morgan fingerprint density at radius 2 is 2.21 bits per heavy atom. The van der Waals surface area contributed by atoms with Gasteiger partial charge in [-0.25, -0.2) is 4.98 Å². The molecule has 0 aromatic carbocycles. The lowest BCUT2D eigenvalue weighted by molar-refractivity contribution is 0.112. The quantitative estimate of drug-likeness (QED) is 0.563. The zero-order valence-electron chi connectivity index (χ0n) is 7.88. The molecule has 0 aliphatic carbocycles. The van der Waals surface area contributed by atoms with Gasteiger partial charge in [0.2, 0.25) is 0 Å². The number of aldehydes is 1. The van der Waals surface area contributed by atoms with Gasteiger partial charge in [0.05, 0.1) is 11.3 Å². The van der Waals surface area contributed by atoms with Crippen LogP contribution in [0.2, 0.25) is 5.15 Å². The molecule has 72 valence electrons. The summed E-state index contributed by atoms with van der Waals surface area (Å²) in [4.78, 5) is 14.7. The fraction of sp³-hybridized carbons (Fsp3) is 0.0909. The van der Waals surface area contributed by atoms with Gasteiger partial charge in [0, 0.05) is 5.56 Å². The first-order valence-corrected chi connectivity index (χ1v) is 4.42. The van der Waals surface area contributed by atoms with Crippen LogP contribution in [-0.4, -0.2) is 11.3 Å². The van der Waals surface area contributed by atoms with Crippen LogP contribution in [0.4, 0.5) is 0 Å². The SMILES string of the molecule is C=Cc1cc(C=O)c(Cl)nc1C(=C)C. The highest BCUT2D eigenvalue weighted by atomic mass is 35.5. The van der Waals surface area contributed by atoms with E-state index in [1.807, 2.05) is 6.92 Å². The molecule has 0 N–H and O–H groups in total. The molecule has 0 amide bonds. The Hall–Kier alpha value is -1.41. The van der Waals surface area contributed by atoms with Gasteiger partial charge in [0.25, 0.3) is 0 Å². The summed E-state index contributed by atoms with van der Waals surface area (Å²) in [6.45, 7) is 9.24. The van der Waals surface area contributed by atoms with E-state index < -0.39 is 0 Å². The molecule has 1 aromatic heterocycles. The van der Waals surface area contributed by atoms with E-state index in [0.717, 1.165) is 11.1 Å². The van der Waals surface area contributed by atoms with Gasteiger partial charge in [-0.1, -0.05) is 30.8 Å². The summed E-state index contributed by atoms with van der Waals surface area (Å²) in [7, 11) is 0. The van der Waals surface area contributed by atoms with Crippen molar-refractivity contribution in [3.05, 3.63) is 41.2 Å². The Labute approximate surface area is 87.9 Å². The molecular formula is C11H10ClNO. The molecule has 0 saturated carbocycles. The van der Waals surface area contributed by atoms with E-state index in [-0.39, 0.29) is 5.15 Å². The Balaban J connectivity index is 3.46. The molecule has 1 heterocycles. The van der Waals surface area contributed by atoms with E-state index >= 15 is 0 Å². The number of carbonyl (C=O) groups is 1. The second kappa shape index (κ2) is 4.20. The number of pyridine rings is 1. The van der Waals surface area contributed by atoms with Crippen molar-refractivity contribution in [1.29, 1.82) is 0 Å². The third-order valence-electron chi connectivity index (χ3n) is 1.78. The van der Waals surface area contributed by atoms with Gasteiger partial charge in [-0.3, -0.25) is 4.79 Å². The summed E-state index contributed by atoms with van der Waals surface area (Å²) >= 11 is 5.78. The van der Waals surface area contributed by atoms with Crippen molar-refractivity contribution in [1.82, 2.24) is 4.98 Å². The summed E-state index contributed by atoms with van der Waals surface area (Å²) in [6.07, 6.45) is 2.30. The fourth-order valence-corrected chi connectivity index (χ4v) is 1.29. The van der Waals surface area contributed by atoms with Crippen LogP contribution in [0.15, 0.2) is 19.2 Å². The molecule has 0 unspecified atom stereocenters. The number of halogens is 1. The summed E-state index contributed by atoms with van der Waals surface area (Å²) in [5, 5.41) is 0.198. The van der Waals surface area contributed by atoms with Crippen molar-refractivity contribution in [3.8, 4) is 0 Å². The highest BCUT2D eigenvalue weighted by Crippen LogP contribution is 2.21. The van der Waals surface area contributed by atoms with Crippen LogP contribution in [0.1, 0.15) is 28.5 Å². The topological polar surface area (TPSA) is 30.0 Å². The van der Waals surface area contributed by atoms with Crippen molar-refractivity contribution in [2.24, 2.45) is 0 Å². The van der Waals surface area contributed by atoms with Crippen LogP contribution in [0.25, 0.3) is 11.6 Å². The summed E-state index contributed by atoms with van der Waals surface area (Å²) in [5.74, 6) is 0. The number of nitrogens with zero attached hydrogens (tertiary/aromatic N) is 1. The van der Waals surface area contributed by atoms with E-state index in [9.17, 15) is 4.79 Å². The van der Waals surface area contributed by atoms with Gasteiger partial charge >= 0.3 is 0 Å². The molecule has 0 atom stereocenters. The van der Waals surface area contributed by atoms with E-state index in [0.29, 0.717) is 17.5 Å². The van der Waals surface area contributed by atoms with Gasteiger partial charge in [0.15, 0.2) is 6.29 Å². The highest BCUT2D eigenvalue weighted by Gasteiger charge is 2.08. The molecule has 0 spiro atoms. The summed E-state index contributed by atoms with van der Waals surface area (Å²) < 4.78 is 0. The number of hydrogen-bond donors (Lipinski definition) is 0. The van der Waals surface area contributed by atoms with Crippen molar-refractivity contribution in [3.63, 3.8) is 0 Å². The molecule has 1 rings (SSSR count). The number of carbonyl (C=O) groups excluding carboxylic acids is 1. The Morgan fingerprint density at radius 1 is 1.57 bits per heavy atom. The zero-order chi connectivity index (χ0) is 10.7. The monoisotopic (exact) mass is 207 g/mol. The maximum Gasteiger partial charge on any atom is 0.153 e. The molecule has 3 heteroatoms. The van der Waals surface area contributed by atoms with Crippen molar-refractivity contribution >= 4 is 29.5 Å².